The summed E-state index contributed by atoms with van der Waals surface area (Å²) < 4.78 is 23.5. The summed E-state index contributed by atoms with van der Waals surface area (Å²) >= 11 is 0. The van der Waals surface area contributed by atoms with Crippen molar-refractivity contribution in [2.45, 2.75) is 31.9 Å². The second kappa shape index (κ2) is 7.78. The van der Waals surface area contributed by atoms with Crippen LogP contribution in [0.4, 0.5) is 4.39 Å². The highest BCUT2D eigenvalue weighted by molar-refractivity contribution is 5.78. The van der Waals surface area contributed by atoms with Crippen LogP contribution in [0, 0.1) is 5.82 Å². The molecular formula is C17H20FNO4. The number of rotatable bonds is 7. The summed E-state index contributed by atoms with van der Waals surface area (Å²) in [5.74, 6) is -0.139. The van der Waals surface area contributed by atoms with E-state index in [1.807, 2.05) is 0 Å². The van der Waals surface area contributed by atoms with Gasteiger partial charge in [-0.3, -0.25) is 4.79 Å². The minimum Gasteiger partial charge on any atom is -0.494 e. The molecule has 0 saturated carbocycles. The zero-order chi connectivity index (χ0) is 16.8. The van der Waals surface area contributed by atoms with Crippen LogP contribution in [-0.2, 0) is 11.2 Å². The number of nitrogens with one attached hydrogen (secondary N) is 1. The Hall–Kier alpha value is -2.34. The Morgan fingerprint density at radius 2 is 2.22 bits per heavy atom. The molecule has 5 nitrogen and oxygen atoms in total. The van der Waals surface area contributed by atoms with Crippen LogP contribution in [0.2, 0.25) is 0 Å². The minimum atomic E-state index is -0.779. The highest BCUT2D eigenvalue weighted by atomic mass is 19.1. The molecule has 0 aliphatic rings. The van der Waals surface area contributed by atoms with Gasteiger partial charge in [0.2, 0.25) is 5.91 Å². The van der Waals surface area contributed by atoms with Gasteiger partial charge >= 0.3 is 0 Å². The normalized spacial score (nSPS) is 13.4. The van der Waals surface area contributed by atoms with Crippen molar-refractivity contribution in [1.82, 2.24) is 5.32 Å². The van der Waals surface area contributed by atoms with Crippen molar-refractivity contribution in [3.8, 4) is 5.75 Å². The molecule has 6 heteroatoms. The monoisotopic (exact) mass is 321 g/mol. The van der Waals surface area contributed by atoms with Crippen molar-refractivity contribution in [1.29, 1.82) is 0 Å². The zero-order valence-electron chi connectivity index (χ0n) is 13.1. The standard InChI is InChI=1S/C17H20FNO4/c1-11(8-14(20)16-4-3-7-23-16)19-17(21)10-12-5-6-15(22-2)13(18)9-12/h3-7,9,11,14,20H,8,10H2,1-2H3,(H,19,21). The molecule has 23 heavy (non-hydrogen) atoms. The van der Waals surface area contributed by atoms with Crippen LogP contribution in [0.1, 0.15) is 30.8 Å². The van der Waals surface area contributed by atoms with Gasteiger partial charge in [-0.25, -0.2) is 4.39 Å². The van der Waals surface area contributed by atoms with Gasteiger partial charge in [0.25, 0.3) is 0 Å². The first-order valence-corrected chi connectivity index (χ1v) is 7.33. The molecule has 2 rings (SSSR count). The molecule has 0 spiro atoms. The summed E-state index contributed by atoms with van der Waals surface area (Å²) in [6.07, 6.45) is 1.09. The number of ether oxygens (including phenoxy) is 1. The lowest BCUT2D eigenvalue weighted by Crippen LogP contribution is -2.34. The summed E-state index contributed by atoms with van der Waals surface area (Å²) in [6, 6.07) is 7.54. The smallest absolute Gasteiger partial charge is 0.224 e. The maximum Gasteiger partial charge on any atom is 0.224 e. The second-order valence-corrected chi connectivity index (χ2v) is 5.38. The fourth-order valence-corrected chi connectivity index (χ4v) is 2.32. The van der Waals surface area contributed by atoms with Gasteiger partial charge in [-0.2, -0.15) is 0 Å². The van der Waals surface area contributed by atoms with Crippen LogP contribution >= 0.6 is 0 Å². The van der Waals surface area contributed by atoms with Crippen LogP contribution in [-0.4, -0.2) is 24.2 Å². The predicted octanol–water partition coefficient (Wildman–Crippen LogP) is 2.60. The van der Waals surface area contributed by atoms with Crippen molar-refractivity contribution in [2.75, 3.05) is 7.11 Å². The largest absolute Gasteiger partial charge is 0.494 e. The molecule has 2 N–H and O–H groups in total. The predicted molar refractivity (Wildman–Crippen MR) is 82.5 cm³/mol. The Morgan fingerprint density at radius 1 is 1.43 bits per heavy atom. The number of amides is 1. The fraction of sp³-hybridized carbons (Fsp3) is 0.353. The molecule has 0 aliphatic carbocycles. The first-order chi connectivity index (χ1) is 11.0. The Bertz CT molecular complexity index is 642. The van der Waals surface area contributed by atoms with Gasteiger partial charge in [0, 0.05) is 12.5 Å². The molecule has 1 aromatic heterocycles. The number of hydrogen-bond donors (Lipinski definition) is 2. The number of aliphatic hydroxyl groups is 1. The van der Waals surface area contributed by atoms with Crippen molar-refractivity contribution >= 4 is 5.91 Å². The Labute approximate surface area is 134 Å². The SMILES string of the molecule is COc1ccc(CC(=O)NC(C)CC(O)c2ccco2)cc1F. The number of benzene rings is 1. The van der Waals surface area contributed by atoms with Crippen molar-refractivity contribution in [3.63, 3.8) is 0 Å². The Kier molecular flexibility index (Phi) is 5.76. The van der Waals surface area contributed by atoms with Crippen LogP contribution in [0.25, 0.3) is 0 Å². The molecule has 2 aromatic rings. The first kappa shape index (κ1) is 17.0. The highest BCUT2D eigenvalue weighted by Gasteiger charge is 2.16. The summed E-state index contributed by atoms with van der Waals surface area (Å²) in [5, 5.41) is 12.7. The number of carbonyl (C=O) groups excluding carboxylic acids is 1. The lowest BCUT2D eigenvalue weighted by molar-refractivity contribution is -0.121. The third-order valence-electron chi connectivity index (χ3n) is 3.44. The molecule has 0 fully saturated rings. The molecule has 0 saturated heterocycles. The highest BCUT2D eigenvalue weighted by Crippen LogP contribution is 2.19. The topological polar surface area (TPSA) is 71.7 Å². The lowest BCUT2D eigenvalue weighted by Gasteiger charge is -2.16. The van der Waals surface area contributed by atoms with Crippen molar-refractivity contribution in [3.05, 3.63) is 53.7 Å². The van der Waals surface area contributed by atoms with E-state index in [1.165, 1.54) is 25.5 Å². The number of hydrogen-bond acceptors (Lipinski definition) is 4. The number of carbonyl (C=O) groups is 1. The van der Waals surface area contributed by atoms with Crippen molar-refractivity contribution in [2.24, 2.45) is 0 Å². The Balaban J connectivity index is 1.85. The van der Waals surface area contributed by atoms with E-state index in [1.54, 1.807) is 25.1 Å². The molecule has 0 bridgehead atoms. The van der Waals surface area contributed by atoms with Crippen molar-refractivity contribution < 1.29 is 23.4 Å². The molecule has 2 unspecified atom stereocenters. The van der Waals surface area contributed by atoms with Gasteiger partial charge in [0.15, 0.2) is 11.6 Å². The number of methoxy groups -OCH3 is 1. The van der Waals surface area contributed by atoms with E-state index >= 15 is 0 Å². The average Bonchev–Trinajstić information content (AvgIpc) is 3.01. The summed E-state index contributed by atoms with van der Waals surface area (Å²) in [5.41, 5.74) is 0.555. The first-order valence-electron chi connectivity index (χ1n) is 7.33. The van der Waals surface area contributed by atoms with Crippen LogP contribution in [0.3, 0.4) is 0 Å². The van der Waals surface area contributed by atoms with E-state index in [9.17, 15) is 14.3 Å². The van der Waals surface area contributed by atoms with Crippen LogP contribution in [0.5, 0.6) is 5.75 Å². The van der Waals surface area contributed by atoms with Gasteiger partial charge in [0.1, 0.15) is 11.9 Å². The third kappa shape index (κ3) is 4.82. The molecule has 2 atom stereocenters. The second-order valence-electron chi connectivity index (χ2n) is 5.38. The maximum atomic E-state index is 13.6. The molecule has 0 radical (unpaired) electrons. The molecule has 1 amide bonds. The minimum absolute atomic E-state index is 0.0576. The third-order valence-corrected chi connectivity index (χ3v) is 3.44. The zero-order valence-corrected chi connectivity index (χ0v) is 13.1. The van der Waals surface area contributed by atoms with Gasteiger partial charge < -0.3 is 19.6 Å². The van der Waals surface area contributed by atoms with Gasteiger partial charge in [-0.05, 0) is 36.8 Å². The van der Waals surface area contributed by atoms with Crippen LogP contribution < -0.4 is 10.1 Å². The maximum absolute atomic E-state index is 13.6. The molecular weight excluding hydrogens is 301 g/mol. The van der Waals surface area contributed by atoms with E-state index in [0.29, 0.717) is 17.7 Å². The van der Waals surface area contributed by atoms with Gasteiger partial charge in [-0.1, -0.05) is 6.07 Å². The number of furan rings is 1. The van der Waals surface area contributed by atoms with E-state index in [2.05, 4.69) is 5.32 Å². The van der Waals surface area contributed by atoms with E-state index in [-0.39, 0.29) is 24.1 Å². The van der Waals surface area contributed by atoms with E-state index in [0.717, 1.165) is 0 Å². The molecule has 124 valence electrons. The summed E-state index contributed by atoms with van der Waals surface area (Å²) in [6.45, 7) is 1.79. The lowest BCUT2D eigenvalue weighted by atomic mass is 10.1. The van der Waals surface area contributed by atoms with Crippen LogP contribution in [0.15, 0.2) is 41.0 Å². The number of aliphatic hydroxyl groups excluding tert-OH is 1. The average molecular weight is 321 g/mol. The van der Waals surface area contributed by atoms with Gasteiger partial charge in [0.05, 0.1) is 19.8 Å². The molecule has 0 aliphatic heterocycles. The van der Waals surface area contributed by atoms with E-state index in [4.69, 9.17) is 9.15 Å². The molecule has 1 aromatic carbocycles. The number of halogens is 1. The van der Waals surface area contributed by atoms with E-state index < -0.39 is 11.9 Å². The van der Waals surface area contributed by atoms with Gasteiger partial charge in [-0.15, -0.1) is 0 Å². The summed E-state index contributed by atoms with van der Waals surface area (Å²) in [7, 11) is 1.39. The molecule has 1 heterocycles. The fourth-order valence-electron chi connectivity index (χ4n) is 2.32. The summed E-state index contributed by atoms with van der Waals surface area (Å²) in [4.78, 5) is 12.0. The quantitative estimate of drug-likeness (QED) is 0.822. The Morgan fingerprint density at radius 3 is 2.83 bits per heavy atom.